The van der Waals surface area contributed by atoms with Crippen LogP contribution in [0.2, 0.25) is 0 Å². The second-order valence-electron chi connectivity index (χ2n) is 9.29. The summed E-state index contributed by atoms with van der Waals surface area (Å²) in [6.45, 7) is 1.24. The molecule has 0 radical (unpaired) electrons. The fourth-order valence-electron chi connectivity index (χ4n) is 4.54. The number of aromatic nitrogens is 1. The Morgan fingerprint density at radius 1 is 1.18 bits per heavy atom. The van der Waals surface area contributed by atoms with Crippen LogP contribution in [0.1, 0.15) is 41.2 Å². The highest BCUT2D eigenvalue weighted by Crippen LogP contribution is 2.38. The van der Waals surface area contributed by atoms with E-state index in [0.717, 1.165) is 30.5 Å². The number of anilines is 2. The van der Waals surface area contributed by atoms with Crippen LogP contribution in [0, 0.1) is 5.82 Å². The minimum Gasteiger partial charge on any atom is -0.477 e. The summed E-state index contributed by atoms with van der Waals surface area (Å²) in [6, 6.07) is 11.2. The van der Waals surface area contributed by atoms with Crippen LogP contribution in [-0.4, -0.2) is 55.1 Å². The van der Waals surface area contributed by atoms with Crippen molar-refractivity contribution in [3.05, 3.63) is 69.8 Å². The van der Waals surface area contributed by atoms with E-state index in [9.17, 15) is 14.7 Å². The zero-order chi connectivity index (χ0) is 24.0. The average Bonchev–Trinajstić information content (AvgIpc) is 3.55. The molecule has 8 heteroatoms. The minimum absolute atomic E-state index is 0.0450. The van der Waals surface area contributed by atoms with Crippen molar-refractivity contribution in [2.75, 3.05) is 37.0 Å². The zero-order valence-corrected chi connectivity index (χ0v) is 19.2. The zero-order valence-electron chi connectivity index (χ0n) is 19.2. The van der Waals surface area contributed by atoms with Gasteiger partial charge in [0.2, 0.25) is 5.43 Å². The second-order valence-corrected chi connectivity index (χ2v) is 9.29. The van der Waals surface area contributed by atoms with Crippen molar-refractivity contribution in [2.24, 2.45) is 4.99 Å². The summed E-state index contributed by atoms with van der Waals surface area (Å²) in [5.41, 5.74) is 2.19. The minimum atomic E-state index is -1.29. The number of pyridine rings is 1. The lowest BCUT2D eigenvalue weighted by Crippen LogP contribution is -2.23. The van der Waals surface area contributed by atoms with Crippen molar-refractivity contribution in [1.29, 1.82) is 0 Å². The molecule has 1 aliphatic carbocycles. The van der Waals surface area contributed by atoms with Gasteiger partial charge in [-0.15, -0.1) is 0 Å². The van der Waals surface area contributed by atoms with E-state index in [4.69, 9.17) is 4.99 Å². The van der Waals surface area contributed by atoms with Crippen LogP contribution in [0.3, 0.4) is 0 Å². The first-order valence-electron chi connectivity index (χ1n) is 11.5. The van der Waals surface area contributed by atoms with Gasteiger partial charge in [-0.25, -0.2) is 9.18 Å². The maximum atomic E-state index is 15.1. The molecule has 0 bridgehead atoms. The molecule has 2 aromatic carbocycles. The van der Waals surface area contributed by atoms with E-state index in [1.807, 2.05) is 58.9 Å². The summed E-state index contributed by atoms with van der Waals surface area (Å²) in [5, 5.41) is 9.53. The van der Waals surface area contributed by atoms with E-state index in [0.29, 0.717) is 24.3 Å². The SMILES string of the molecule is CN(C)c1ccc(C=NC2CCN(c3cc4c(cc3F)c(=O)c(C(=O)O)cn4C3CC3)C2)cc1. The number of aliphatic imine (C=N–C) groups is 1. The van der Waals surface area contributed by atoms with Crippen LogP contribution in [-0.2, 0) is 0 Å². The van der Waals surface area contributed by atoms with E-state index < -0.39 is 17.2 Å². The Kier molecular flexibility index (Phi) is 5.59. The average molecular weight is 463 g/mol. The lowest BCUT2D eigenvalue weighted by Gasteiger charge is -2.21. The van der Waals surface area contributed by atoms with Crippen molar-refractivity contribution in [3.63, 3.8) is 0 Å². The first-order valence-corrected chi connectivity index (χ1v) is 11.5. The van der Waals surface area contributed by atoms with E-state index in [1.165, 1.54) is 12.3 Å². The van der Waals surface area contributed by atoms with Gasteiger partial charge in [0.25, 0.3) is 0 Å². The van der Waals surface area contributed by atoms with Crippen molar-refractivity contribution >= 4 is 34.5 Å². The van der Waals surface area contributed by atoms with Gasteiger partial charge in [0.05, 0.1) is 17.2 Å². The van der Waals surface area contributed by atoms with Gasteiger partial charge in [-0.05, 0) is 49.1 Å². The van der Waals surface area contributed by atoms with Crippen LogP contribution in [0.25, 0.3) is 10.9 Å². The van der Waals surface area contributed by atoms with Crippen molar-refractivity contribution in [1.82, 2.24) is 4.57 Å². The van der Waals surface area contributed by atoms with Gasteiger partial charge < -0.3 is 19.5 Å². The van der Waals surface area contributed by atoms with Gasteiger partial charge in [0, 0.05) is 56.7 Å². The number of nitrogens with zero attached hydrogens (tertiary/aromatic N) is 4. The van der Waals surface area contributed by atoms with Crippen LogP contribution in [0.5, 0.6) is 0 Å². The number of halogens is 1. The molecule has 1 aliphatic heterocycles. The number of aromatic carboxylic acids is 1. The Morgan fingerprint density at radius 3 is 2.56 bits per heavy atom. The molecule has 5 rings (SSSR count). The summed E-state index contributed by atoms with van der Waals surface area (Å²) in [4.78, 5) is 32.9. The smallest absolute Gasteiger partial charge is 0.341 e. The molecule has 0 amide bonds. The highest BCUT2D eigenvalue weighted by atomic mass is 19.1. The van der Waals surface area contributed by atoms with Gasteiger partial charge >= 0.3 is 5.97 Å². The molecule has 1 aromatic heterocycles. The molecule has 0 spiro atoms. The topological polar surface area (TPSA) is 78.1 Å². The van der Waals surface area contributed by atoms with E-state index in [-0.39, 0.29) is 23.0 Å². The molecular formula is C26H27FN4O3. The monoisotopic (exact) mass is 462 g/mol. The number of hydrogen-bond acceptors (Lipinski definition) is 5. The summed E-state index contributed by atoms with van der Waals surface area (Å²) in [5.74, 6) is -1.80. The number of fused-ring (bicyclic) bond motifs is 1. The third-order valence-corrected chi connectivity index (χ3v) is 6.62. The summed E-state index contributed by atoms with van der Waals surface area (Å²) in [7, 11) is 3.99. The highest BCUT2D eigenvalue weighted by molar-refractivity contribution is 5.93. The maximum Gasteiger partial charge on any atom is 0.341 e. The number of carboxylic acid groups (broad SMARTS) is 1. The van der Waals surface area contributed by atoms with Crippen molar-refractivity contribution in [3.8, 4) is 0 Å². The molecule has 34 heavy (non-hydrogen) atoms. The van der Waals surface area contributed by atoms with Gasteiger partial charge in [-0.2, -0.15) is 0 Å². The molecule has 2 heterocycles. The van der Waals surface area contributed by atoms with Crippen LogP contribution in [0.4, 0.5) is 15.8 Å². The number of rotatable bonds is 6. The first-order chi connectivity index (χ1) is 16.3. The Labute approximate surface area is 196 Å². The Bertz CT molecular complexity index is 1340. The normalized spacial score (nSPS) is 18.2. The molecule has 7 nitrogen and oxygen atoms in total. The van der Waals surface area contributed by atoms with Crippen molar-refractivity contribution < 1.29 is 14.3 Å². The molecule has 2 aliphatic rings. The van der Waals surface area contributed by atoms with Gasteiger partial charge in [0.1, 0.15) is 11.4 Å². The standard InChI is InChI=1S/C26H27FN4O3/c1-29(2)18-5-3-16(4-6-18)13-28-17-9-10-30(14-17)24-12-23-20(11-22(24)27)25(32)21(26(33)34)15-31(23)19-7-8-19/h3-6,11-13,15,17,19H,7-10,14H2,1-2H3,(H,33,34). The molecule has 3 aromatic rings. The molecule has 176 valence electrons. The van der Waals surface area contributed by atoms with Crippen LogP contribution >= 0.6 is 0 Å². The third-order valence-electron chi connectivity index (χ3n) is 6.62. The van der Waals surface area contributed by atoms with Crippen LogP contribution in [0.15, 0.2) is 52.4 Å². The van der Waals surface area contributed by atoms with Crippen LogP contribution < -0.4 is 15.2 Å². The fourth-order valence-corrected chi connectivity index (χ4v) is 4.54. The number of hydrogen-bond donors (Lipinski definition) is 1. The predicted molar refractivity (Wildman–Crippen MR) is 132 cm³/mol. The lowest BCUT2D eigenvalue weighted by atomic mass is 10.1. The van der Waals surface area contributed by atoms with Crippen molar-refractivity contribution in [2.45, 2.75) is 31.3 Å². The lowest BCUT2D eigenvalue weighted by molar-refractivity contribution is 0.0695. The fraction of sp³-hybridized carbons (Fsp3) is 0.346. The Hall–Kier alpha value is -3.68. The largest absolute Gasteiger partial charge is 0.477 e. The molecule has 1 saturated carbocycles. The van der Waals surface area contributed by atoms with E-state index >= 15 is 4.39 Å². The maximum absolute atomic E-state index is 15.1. The third kappa shape index (κ3) is 4.16. The predicted octanol–water partition coefficient (Wildman–Crippen LogP) is 3.94. The molecule has 1 unspecified atom stereocenters. The summed E-state index contributed by atoms with van der Waals surface area (Å²) >= 11 is 0. The molecule has 1 N–H and O–H groups in total. The molecule has 1 saturated heterocycles. The Balaban J connectivity index is 1.41. The quantitative estimate of drug-likeness (QED) is 0.562. The van der Waals surface area contributed by atoms with E-state index in [2.05, 4.69) is 0 Å². The van der Waals surface area contributed by atoms with Gasteiger partial charge in [-0.3, -0.25) is 9.79 Å². The molecule has 1 atom stereocenters. The highest BCUT2D eigenvalue weighted by Gasteiger charge is 2.29. The summed E-state index contributed by atoms with van der Waals surface area (Å²) in [6.07, 6.45) is 5.91. The number of benzene rings is 2. The van der Waals surface area contributed by atoms with Gasteiger partial charge in [0.15, 0.2) is 0 Å². The molecular weight excluding hydrogens is 435 g/mol. The van der Waals surface area contributed by atoms with E-state index in [1.54, 1.807) is 6.07 Å². The second kappa shape index (κ2) is 8.59. The van der Waals surface area contributed by atoms with Gasteiger partial charge in [-0.1, -0.05) is 12.1 Å². The summed E-state index contributed by atoms with van der Waals surface area (Å²) < 4.78 is 17.0. The number of carboxylic acids is 1. The molecule has 2 fully saturated rings. The Morgan fingerprint density at radius 2 is 1.91 bits per heavy atom. The first kappa shape index (κ1) is 22.1. The number of carbonyl (C=O) groups is 1.